The van der Waals surface area contributed by atoms with E-state index in [0.717, 1.165) is 12.1 Å². The van der Waals surface area contributed by atoms with E-state index in [4.69, 9.17) is 5.11 Å². The monoisotopic (exact) mass is 224 g/mol. The topological polar surface area (TPSA) is 77.8 Å². The van der Waals surface area contributed by atoms with Crippen molar-refractivity contribution in [2.24, 2.45) is 5.92 Å². The quantitative estimate of drug-likeness (QED) is 0.686. The van der Waals surface area contributed by atoms with E-state index >= 15 is 0 Å². The Balaban J connectivity index is 2.91. The smallest absolute Gasteiger partial charge is 0.170 e. The molecule has 0 aromatic heterocycles. The van der Waals surface area contributed by atoms with Crippen molar-refractivity contribution in [2.75, 3.05) is 0 Å². The summed E-state index contributed by atoms with van der Waals surface area (Å²) in [5.41, 5.74) is -0.113. The Labute approximate surface area is 94.2 Å². The van der Waals surface area contributed by atoms with E-state index in [-0.39, 0.29) is 35.0 Å². The van der Waals surface area contributed by atoms with Gasteiger partial charge in [-0.3, -0.25) is 4.79 Å². The predicted molar refractivity (Wildman–Crippen MR) is 59.8 cm³/mol. The first kappa shape index (κ1) is 12.4. The molecule has 16 heavy (non-hydrogen) atoms. The maximum Gasteiger partial charge on any atom is 0.170 e. The number of carbonyl (C=O) groups excluding carboxylic acids is 1. The van der Waals surface area contributed by atoms with Crippen molar-refractivity contribution in [3.8, 4) is 17.2 Å². The van der Waals surface area contributed by atoms with Crippen LogP contribution in [-0.2, 0) is 0 Å². The molecule has 0 spiro atoms. The van der Waals surface area contributed by atoms with Gasteiger partial charge in [0, 0.05) is 18.6 Å². The molecule has 0 aliphatic rings. The first-order valence-corrected chi connectivity index (χ1v) is 5.20. The summed E-state index contributed by atoms with van der Waals surface area (Å²) in [7, 11) is 0. The number of ketones is 1. The predicted octanol–water partition coefficient (Wildman–Crippen LogP) is 2.42. The number of rotatable bonds is 4. The Kier molecular flexibility index (Phi) is 3.77. The van der Waals surface area contributed by atoms with E-state index in [0.29, 0.717) is 12.3 Å². The summed E-state index contributed by atoms with van der Waals surface area (Å²) < 4.78 is 0. The molecule has 88 valence electrons. The average Bonchev–Trinajstić information content (AvgIpc) is 2.12. The van der Waals surface area contributed by atoms with E-state index in [1.54, 1.807) is 0 Å². The van der Waals surface area contributed by atoms with Gasteiger partial charge in [-0.2, -0.15) is 0 Å². The van der Waals surface area contributed by atoms with Gasteiger partial charge >= 0.3 is 0 Å². The number of Topliss-reactive ketones (excluding diaryl/α,β-unsaturated/α-hetero) is 1. The summed E-state index contributed by atoms with van der Waals surface area (Å²) >= 11 is 0. The van der Waals surface area contributed by atoms with Crippen LogP contribution in [0.3, 0.4) is 0 Å². The SMILES string of the molecule is CC(C)CCC(=O)c1c(O)cc(O)cc1O. The van der Waals surface area contributed by atoms with Gasteiger partial charge in [0.05, 0.1) is 0 Å². The molecule has 1 rings (SSSR count). The summed E-state index contributed by atoms with van der Waals surface area (Å²) in [6.07, 6.45) is 0.960. The normalized spacial score (nSPS) is 10.7. The largest absolute Gasteiger partial charge is 0.508 e. The first-order valence-electron chi connectivity index (χ1n) is 5.20. The molecule has 0 saturated carbocycles. The van der Waals surface area contributed by atoms with E-state index in [1.807, 2.05) is 13.8 Å². The number of hydrogen-bond acceptors (Lipinski definition) is 4. The van der Waals surface area contributed by atoms with Crippen molar-refractivity contribution in [1.29, 1.82) is 0 Å². The molecule has 0 aliphatic carbocycles. The van der Waals surface area contributed by atoms with E-state index in [2.05, 4.69) is 0 Å². The van der Waals surface area contributed by atoms with E-state index in [9.17, 15) is 15.0 Å². The Morgan fingerprint density at radius 3 is 2.12 bits per heavy atom. The van der Waals surface area contributed by atoms with Gasteiger partial charge in [0.2, 0.25) is 0 Å². The molecule has 0 bridgehead atoms. The fourth-order valence-corrected chi connectivity index (χ4v) is 1.43. The molecule has 1 aromatic rings. The zero-order chi connectivity index (χ0) is 12.3. The standard InChI is InChI=1S/C12H16O4/c1-7(2)3-4-9(14)12-10(15)5-8(13)6-11(12)16/h5-7,13,15-16H,3-4H2,1-2H3. The van der Waals surface area contributed by atoms with Crippen LogP contribution in [0.5, 0.6) is 17.2 Å². The molecular weight excluding hydrogens is 208 g/mol. The molecule has 0 saturated heterocycles. The van der Waals surface area contributed by atoms with Gasteiger partial charge < -0.3 is 15.3 Å². The number of hydrogen-bond donors (Lipinski definition) is 3. The maximum atomic E-state index is 11.7. The molecule has 0 aliphatic heterocycles. The summed E-state index contributed by atoms with van der Waals surface area (Å²) in [4.78, 5) is 11.7. The molecule has 1 aromatic carbocycles. The van der Waals surface area contributed by atoms with Gasteiger partial charge in [-0.1, -0.05) is 13.8 Å². The number of benzene rings is 1. The molecule has 0 amide bonds. The molecular formula is C12H16O4. The van der Waals surface area contributed by atoms with Crippen LogP contribution in [0.1, 0.15) is 37.0 Å². The Hall–Kier alpha value is -1.71. The van der Waals surface area contributed by atoms with Crippen LogP contribution in [0.4, 0.5) is 0 Å². The first-order chi connectivity index (χ1) is 7.41. The Morgan fingerprint density at radius 1 is 1.19 bits per heavy atom. The molecule has 0 radical (unpaired) electrons. The van der Waals surface area contributed by atoms with Crippen molar-refractivity contribution >= 4 is 5.78 Å². The fraction of sp³-hybridized carbons (Fsp3) is 0.417. The zero-order valence-electron chi connectivity index (χ0n) is 9.40. The minimum Gasteiger partial charge on any atom is -0.508 e. The lowest BCUT2D eigenvalue weighted by Crippen LogP contribution is -2.02. The zero-order valence-corrected chi connectivity index (χ0v) is 9.40. The van der Waals surface area contributed by atoms with Crippen LogP contribution in [0.15, 0.2) is 12.1 Å². The highest BCUT2D eigenvalue weighted by molar-refractivity contribution is 6.01. The van der Waals surface area contributed by atoms with Gasteiger partial charge in [0.1, 0.15) is 22.8 Å². The van der Waals surface area contributed by atoms with Gasteiger partial charge in [-0.25, -0.2) is 0 Å². The number of carbonyl (C=O) groups is 1. The van der Waals surface area contributed by atoms with Gasteiger partial charge in [0.15, 0.2) is 5.78 Å². The molecule has 0 unspecified atom stereocenters. The van der Waals surface area contributed by atoms with E-state index in [1.165, 1.54) is 0 Å². The third-order valence-corrected chi connectivity index (χ3v) is 2.31. The van der Waals surface area contributed by atoms with Gasteiger partial charge in [-0.15, -0.1) is 0 Å². The molecule has 0 atom stereocenters. The van der Waals surface area contributed by atoms with Crippen LogP contribution in [-0.4, -0.2) is 21.1 Å². The van der Waals surface area contributed by atoms with Gasteiger partial charge in [0.25, 0.3) is 0 Å². The second-order valence-corrected chi connectivity index (χ2v) is 4.21. The van der Waals surface area contributed by atoms with Crippen LogP contribution < -0.4 is 0 Å². The highest BCUT2D eigenvalue weighted by Crippen LogP contribution is 2.33. The molecule has 4 heteroatoms. The molecule has 0 heterocycles. The van der Waals surface area contributed by atoms with Crippen molar-refractivity contribution < 1.29 is 20.1 Å². The van der Waals surface area contributed by atoms with Crippen molar-refractivity contribution in [1.82, 2.24) is 0 Å². The van der Waals surface area contributed by atoms with Gasteiger partial charge in [-0.05, 0) is 12.3 Å². The second-order valence-electron chi connectivity index (χ2n) is 4.21. The summed E-state index contributed by atoms with van der Waals surface area (Å²) in [5, 5.41) is 28.0. The maximum absolute atomic E-state index is 11.7. The van der Waals surface area contributed by atoms with Crippen molar-refractivity contribution in [3.05, 3.63) is 17.7 Å². The summed E-state index contributed by atoms with van der Waals surface area (Å²) in [6.45, 7) is 3.98. The van der Waals surface area contributed by atoms with Crippen LogP contribution in [0.25, 0.3) is 0 Å². The average molecular weight is 224 g/mol. The van der Waals surface area contributed by atoms with Crippen LogP contribution >= 0.6 is 0 Å². The van der Waals surface area contributed by atoms with Crippen molar-refractivity contribution in [2.45, 2.75) is 26.7 Å². The second kappa shape index (κ2) is 4.88. The lowest BCUT2D eigenvalue weighted by atomic mass is 10.00. The Morgan fingerprint density at radius 2 is 1.69 bits per heavy atom. The fourth-order valence-electron chi connectivity index (χ4n) is 1.43. The van der Waals surface area contributed by atoms with Crippen LogP contribution in [0, 0.1) is 5.92 Å². The Bertz CT molecular complexity index is 373. The molecule has 4 nitrogen and oxygen atoms in total. The van der Waals surface area contributed by atoms with Crippen molar-refractivity contribution in [3.63, 3.8) is 0 Å². The molecule has 3 N–H and O–H groups in total. The highest BCUT2D eigenvalue weighted by atomic mass is 16.3. The van der Waals surface area contributed by atoms with E-state index < -0.39 is 0 Å². The number of aromatic hydroxyl groups is 3. The third-order valence-electron chi connectivity index (χ3n) is 2.31. The molecule has 0 fully saturated rings. The lowest BCUT2D eigenvalue weighted by Gasteiger charge is -2.08. The minimum atomic E-state index is -0.383. The number of phenolic OH excluding ortho intramolecular Hbond substituents is 3. The number of phenols is 3. The summed E-state index contributed by atoms with van der Waals surface area (Å²) in [5.74, 6) is -0.970. The minimum absolute atomic E-state index is 0.113. The highest BCUT2D eigenvalue weighted by Gasteiger charge is 2.17. The lowest BCUT2D eigenvalue weighted by molar-refractivity contribution is 0.0970. The summed E-state index contributed by atoms with van der Waals surface area (Å²) in [6, 6.07) is 2.09. The third kappa shape index (κ3) is 2.89. The van der Waals surface area contributed by atoms with Crippen LogP contribution in [0.2, 0.25) is 0 Å².